The third-order valence-corrected chi connectivity index (χ3v) is 3.75. The van der Waals surface area contributed by atoms with Crippen LogP contribution in [0.3, 0.4) is 0 Å². The van der Waals surface area contributed by atoms with Crippen LogP contribution < -0.4 is 0 Å². The van der Waals surface area contributed by atoms with E-state index in [0.717, 1.165) is 18.7 Å². The first-order valence-corrected chi connectivity index (χ1v) is 6.69. The van der Waals surface area contributed by atoms with Gasteiger partial charge in [-0.2, -0.15) is 0 Å². The first-order chi connectivity index (χ1) is 8.97. The number of hydrogen-bond donors (Lipinski definition) is 1. The summed E-state index contributed by atoms with van der Waals surface area (Å²) in [5, 5.41) is 9.02. The van der Waals surface area contributed by atoms with Gasteiger partial charge in [0.1, 0.15) is 0 Å². The number of benzene rings is 1. The Morgan fingerprint density at radius 3 is 2.84 bits per heavy atom. The molecule has 19 heavy (non-hydrogen) atoms. The van der Waals surface area contributed by atoms with Crippen molar-refractivity contribution in [3.05, 3.63) is 35.4 Å². The standard InChI is InChI=1S/C15H21NO3/c1-10-8-16(11(2)12(3)19-10)9-13-5-4-6-14(7-13)15(17)18/h4-7,10-12H,8-9H2,1-3H3,(H,17,18). The Morgan fingerprint density at radius 1 is 1.42 bits per heavy atom. The monoisotopic (exact) mass is 263 g/mol. The van der Waals surface area contributed by atoms with Crippen molar-refractivity contribution in [3.8, 4) is 0 Å². The lowest BCUT2D eigenvalue weighted by Gasteiger charge is -2.41. The summed E-state index contributed by atoms with van der Waals surface area (Å²) < 4.78 is 5.79. The Hall–Kier alpha value is -1.39. The van der Waals surface area contributed by atoms with Crippen LogP contribution in [0.15, 0.2) is 24.3 Å². The van der Waals surface area contributed by atoms with E-state index in [4.69, 9.17) is 9.84 Å². The molecule has 4 nitrogen and oxygen atoms in total. The minimum Gasteiger partial charge on any atom is -0.478 e. The number of carboxylic acids is 1. The van der Waals surface area contributed by atoms with E-state index in [9.17, 15) is 4.79 Å². The van der Waals surface area contributed by atoms with Gasteiger partial charge in [-0.25, -0.2) is 4.79 Å². The van der Waals surface area contributed by atoms with Gasteiger partial charge in [-0.15, -0.1) is 0 Å². The van der Waals surface area contributed by atoms with Crippen molar-refractivity contribution in [2.24, 2.45) is 0 Å². The fourth-order valence-electron chi connectivity index (χ4n) is 2.56. The summed E-state index contributed by atoms with van der Waals surface area (Å²) in [4.78, 5) is 13.3. The summed E-state index contributed by atoms with van der Waals surface area (Å²) in [7, 11) is 0. The molecule has 0 spiro atoms. The van der Waals surface area contributed by atoms with Crippen molar-refractivity contribution >= 4 is 5.97 Å². The largest absolute Gasteiger partial charge is 0.478 e. The zero-order chi connectivity index (χ0) is 14.0. The zero-order valence-corrected chi connectivity index (χ0v) is 11.7. The number of aromatic carboxylic acids is 1. The lowest BCUT2D eigenvalue weighted by atomic mass is 10.1. The molecular weight excluding hydrogens is 242 g/mol. The number of rotatable bonds is 3. The van der Waals surface area contributed by atoms with Crippen molar-refractivity contribution in [2.45, 2.75) is 45.6 Å². The molecule has 3 unspecified atom stereocenters. The molecule has 1 N–H and O–H groups in total. The van der Waals surface area contributed by atoms with E-state index in [0.29, 0.717) is 11.6 Å². The Morgan fingerprint density at radius 2 is 2.16 bits per heavy atom. The Kier molecular flexibility index (Phi) is 4.22. The molecule has 0 amide bonds. The third kappa shape index (κ3) is 3.33. The predicted molar refractivity (Wildman–Crippen MR) is 73.3 cm³/mol. The van der Waals surface area contributed by atoms with Gasteiger partial charge in [0.15, 0.2) is 0 Å². The van der Waals surface area contributed by atoms with Crippen LogP contribution in [0.2, 0.25) is 0 Å². The molecule has 1 fully saturated rings. The molecule has 0 bridgehead atoms. The molecule has 0 aliphatic carbocycles. The van der Waals surface area contributed by atoms with E-state index in [1.54, 1.807) is 18.2 Å². The third-order valence-electron chi connectivity index (χ3n) is 3.75. The highest BCUT2D eigenvalue weighted by molar-refractivity contribution is 5.87. The van der Waals surface area contributed by atoms with Crippen molar-refractivity contribution in [2.75, 3.05) is 6.54 Å². The van der Waals surface area contributed by atoms with E-state index in [2.05, 4.69) is 25.7 Å². The van der Waals surface area contributed by atoms with E-state index in [1.807, 2.05) is 6.07 Å². The molecule has 104 valence electrons. The van der Waals surface area contributed by atoms with Gasteiger partial charge in [-0.05, 0) is 38.5 Å². The highest BCUT2D eigenvalue weighted by Gasteiger charge is 2.29. The van der Waals surface area contributed by atoms with Gasteiger partial charge in [0.2, 0.25) is 0 Å². The van der Waals surface area contributed by atoms with Crippen LogP contribution in [-0.2, 0) is 11.3 Å². The SMILES string of the molecule is CC1CN(Cc2cccc(C(=O)O)c2)C(C)C(C)O1. The second kappa shape index (κ2) is 5.72. The van der Waals surface area contributed by atoms with Gasteiger partial charge in [0, 0.05) is 19.1 Å². The van der Waals surface area contributed by atoms with Gasteiger partial charge in [0.25, 0.3) is 0 Å². The summed E-state index contributed by atoms with van der Waals surface area (Å²) in [6.07, 6.45) is 0.417. The van der Waals surface area contributed by atoms with Crippen LogP contribution in [-0.4, -0.2) is 40.8 Å². The molecule has 4 heteroatoms. The second-order valence-corrected chi connectivity index (χ2v) is 5.33. The van der Waals surface area contributed by atoms with Crippen LogP contribution in [0.5, 0.6) is 0 Å². The van der Waals surface area contributed by atoms with Gasteiger partial charge < -0.3 is 9.84 Å². The topological polar surface area (TPSA) is 49.8 Å². The molecule has 1 aliphatic rings. The minimum absolute atomic E-state index is 0.200. The van der Waals surface area contributed by atoms with E-state index >= 15 is 0 Å². The molecule has 1 aromatic rings. The fraction of sp³-hybridized carbons (Fsp3) is 0.533. The number of carboxylic acid groups (broad SMARTS) is 1. The first kappa shape index (κ1) is 14.0. The molecular formula is C15H21NO3. The number of nitrogens with zero attached hydrogens (tertiary/aromatic N) is 1. The zero-order valence-electron chi connectivity index (χ0n) is 11.7. The smallest absolute Gasteiger partial charge is 0.335 e. The maximum absolute atomic E-state index is 11.0. The van der Waals surface area contributed by atoms with E-state index in [-0.39, 0.29) is 12.2 Å². The average Bonchev–Trinajstić information content (AvgIpc) is 2.35. The van der Waals surface area contributed by atoms with Gasteiger partial charge in [-0.1, -0.05) is 12.1 Å². The number of morpholine rings is 1. The lowest BCUT2D eigenvalue weighted by Crippen LogP contribution is -2.51. The molecule has 3 atom stereocenters. The Labute approximate surface area is 114 Å². The van der Waals surface area contributed by atoms with Crippen molar-refractivity contribution in [1.29, 1.82) is 0 Å². The summed E-state index contributed by atoms with van der Waals surface area (Å²) >= 11 is 0. The van der Waals surface area contributed by atoms with Gasteiger partial charge >= 0.3 is 5.97 Å². The molecule has 0 radical (unpaired) electrons. The maximum Gasteiger partial charge on any atom is 0.335 e. The molecule has 1 heterocycles. The van der Waals surface area contributed by atoms with Crippen molar-refractivity contribution < 1.29 is 14.6 Å². The van der Waals surface area contributed by atoms with E-state index < -0.39 is 5.97 Å². The summed E-state index contributed by atoms with van der Waals surface area (Å²) in [5.41, 5.74) is 1.38. The average molecular weight is 263 g/mol. The van der Waals surface area contributed by atoms with Gasteiger partial charge in [-0.3, -0.25) is 4.90 Å². The van der Waals surface area contributed by atoms with Crippen molar-refractivity contribution in [3.63, 3.8) is 0 Å². The van der Waals surface area contributed by atoms with Crippen molar-refractivity contribution in [1.82, 2.24) is 4.90 Å². The maximum atomic E-state index is 11.0. The number of carbonyl (C=O) groups is 1. The van der Waals surface area contributed by atoms with Crippen LogP contribution in [0, 0.1) is 0 Å². The highest BCUT2D eigenvalue weighted by atomic mass is 16.5. The van der Waals surface area contributed by atoms with Crippen LogP contribution in [0.1, 0.15) is 36.7 Å². The summed E-state index contributed by atoms with van der Waals surface area (Å²) in [6.45, 7) is 7.95. The van der Waals surface area contributed by atoms with Crippen LogP contribution in [0.4, 0.5) is 0 Å². The number of hydrogen-bond acceptors (Lipinski definition) is 3. The van der Waals surface area contributed by atoms with Gasteiger partial charge in [0.05, 0.1) is 17.8 Å². The molecule has 0 saturated carbocycles. The number of ether oxygens (including phenoxy) is 1. The second-order valence-electron chi connectivity index (χ2n) is 5.33. The lowest BCUT2D eigenvalue weighted by molar-refractivity contribution is -0.102. The quantitative estimate of drug-likeness (QED) is 0.909. The first-order valence-electron chi connectivity index (χ1n) is 6.69. The van der Waals surface area contributed by atoms with E-state index in [1.165, 1.54) is 0 Å². The summed E-state index contributed by atoms with van der Waals surface area (Å²) in [5.74, 6) is -0.876. The van der Waals surface area contributed by atoms with Crippen LogP contribution >= 0.6 is 0 Å². The molecule has 0 aromatic heterocycles. The Bertz CT molecular complexity index is 460. The molecule has 2 rings (SSSR count). The normalized spacial score (nSPS) is 28.3. The minimum atomic E-state index is -0.876. The molecule has 1 aliphatic heterocycles. The predicted octanol–water partition coefficient (Wildman–Crippen LogP) is 2.38. The highest BCUT2D eigenvalue weighted by Crippen LogP contribution is 2.20. The Balaban J connectivity index is 2.11. The fourth-order valence-corrected chi connectivity index (χ4v) is 2.56. The summed E-state index contributed by atoms with van der Waals surface area (Å²) in [6, 6.07) is 7.49. The molecule has 1 aromatic carbocycles. The van der Waals surface area contributed by atoms with Crippen LogP contribution in [0.25, 0.3) is 0 Å². The molecule has 1 saturated heterocycles.